The number of aryl methyl sites for hydroxylation is 1. The van der Waals surface area contributed by atoms with Crippen LogP contribution in [0.1, 0.15) is 35.6 Å². The highest BCUT2D eigenvalue weighted by Gasteiger charge is 2.37. The molecule has 0 aliphatic heterocycles. The second-order valence-corrected chi connectivity index (χ2v) is 8.35. The van der Waals surface area contributed by atoms with Gasteiger partial charge in [0.25, 0.3) is 0 Å². The number of hydrogen-bond acceptors (Lipinski definition) is 3. The van der Waals surface area contributed by atoms with Gasteiger partial charge in [-0.1, -0.05) is 98.3 Å². The van der Waals surface area contributed by atoms with Crippen LogP contribution in [0.2, 0.25) is 0 Å². The van der Waals surface area contributed by atoms with Crippen molar-refractivity contribution >= 4 is 17.7 Å². The van der Waals surface area contributed by atoms with Gasteiger partial charge in [0, 0.05) is 5.75 Å². The van der Waals surface area contributed by atoms with Gasteiger partial charge in [0.05, 0.1) is 4.75 Å². The van der Waals surface area contributed by atoms with Crippen molar-refractivity contribution in [3.8, 4) is 0 Å². The Balaban J connectivity index is 2.17. The van der Waals surface area contributed by atoms with Crippen LogP contribution in [0, 0.1) is 0 Å². The molecule has 3 nitrogen and oxygen atoms in total. The number of carbonyl (C=O) groups is 1. The molecule has 0 spiro atoms. The maximum absolute atomic E-state index is 11.4. The smallest absolute Gasteiger partial charge is 0.321 e. The van der Waals surface area contributed by atoms with Crippen molar-refractivity contribution in [1.29, 1.82) is 0 Å². The number of carboxylic acids is 1. The van der Waals surface area contributed by atoms with Crippen LogP contribution in [0.15, 0.2) is 84.9 Å². The summed E-state index contributed by atoms with van der Waals surface area (Å²) in [7, 11) is 0. The van der Waals surface area contributed by atoms with Crippen molar-refractivity contribution in [2.75, 3.05) is 5.75 Å². The molecule has 0 aliphatic carbocycles. The molecule has 4 heteroatoms. The molecule has 0 saturated heterocycles. The lowest BCUT2D eigenvalue weighted by Crippen LogP contribution is -2.36. The zero-order chi connectivity index (χ0) is 20.7. The fourth-order valence-corrected chi connectivity index (χ4v) is 5.06. The Morgan fingerprint density at radius 2 is 1.38 bits per heavy atom. The molecule has 1 atom stereocenters. The van der Waals surface area contributed by atoms with Crippen LogP contribution in [0.4, 0.5) is 0 Å². The third-order valence-corrected chi connectivity index (χ3v) is 6.72. The maximum Gasteiger partial charge on any atom is 0.321 e. The molecule has 3 rings (SSSR count). The lowest BCUT2D eigenvalue weighted by atomic mass is 9.83. The third kappa shape index (κ3) is 4.72. The van der Waals surface area contributed by atoms with Crippen molar-refractivity contribution in [3.63, 3.8) is 0 Å². The Bertz CT molecular complexity index is 871. The molecule has 29 heavy (non-hydrogen) atoms. The van der Waals surface area contributed by atoms with Gasteiger partial charge >= 0.3 is 5.97 Å². The fraction of sp³-hybridized carbons (Fsp3) is 0.240. The van der Waals surface area contributed by atoms with Crippen molar-refractivity contribution in [2.45, 2.75) is 30.6 Å². The summed E-state index contributed by atoms with van der Waals surface area (Å²) in [6.45, 7) is 2.18. The Hall–Kier alpha value is -2.56. The Morgan fingerprint density at radius 3 is 1.83 bits per heavy atom. The number of hydrogen-bond donors (Lipinski definition) is 2. The second-order valence-electron chi connectivity index (χ2n) is 7.12. The Morgan fingerprint density at radius 1 is 0.897 bits per heavy atom. The molecule has 0 amide bonds. The molecule has 0 unspecified atom stereocenters. The summed E-state index contributed by atoms with van der Waals surface area (Å²) < 4.78 is -0.541. The Labute approximate surface area is 177 Å². The van der Waals surface area contributed by atoms with E-state index in [2.05, 4.69) is 55.5 Å². The summed E-state index contributed by atoms with van der Waals surface area (Å²) in [4.78, 5) is 11.4. The van der Waals surface area contributed by atoms with Gasteiger partial charge in [-0.15, -0.1) is 11.8 Å². The summed E-state index contributed by atoms with van der Waals surface area (Å²) in [6.07, 6.45) is 2.14. The number of benzene rings is 3. The largest absolute Gasteiger partial charge is 0.480 e. The molecule has 0 aromatic heterocycles. The van der Waals surface area contributed by atoms with E-state index in [1.807, 2.05) is 36.4 Å². The number of thioether (sulfide) groups is 1. The molecule has 0 heterocycles. The van der Waals surface area contributed by atoms with Gasteiger partial charge in [-0.05, 0) is 28.7 Å². The topological polar surface area (TPSA) is 63.3 Å². The van der Waals surface area contributed by atoms with Crippen molar-refractivity contribution in [3.05, 3.63) is 107 Å². The third-order valence-electron chi connectivity index (χ3n) is 5.06. The van der Waals surface area contributed by atoms with Crippen molar-refractivity contribution < 1.29 is 9.90 Å². The molecule has 0 radical (unpaired) electrons. The predicted molar refractivity (Wildman–Crippen MR) is 121 cm³/mol. The fourth-order valence-electron chi connectivity index (χ4n) is 3.58. The normalized spacial score (nSPS) is 12.5. The van der Waals surface area contributed by atoms with Crippen molar-refractivity contribution in [2.24, 2.45) is 5.73 Å². The highest BCUT2D eigenvalue weighted by molar-refractivity contribution is 8.00. The first-order valence-electron chi connectivity index (χ1n) is 9.90. The van der Waals surface area contributed by atoms with E-state index in [1.54, 1.807) is 11.8 Å². The van der Waals surface area contributed by atoms with Gasteiger partial charge in [0.1, 0.15) is 6.04 Å². The monoisotopic (exact) mass is 405 g/mol. The predicted octanol–water partition coefficient (Wildman–Crippen LogP) is 5.08. The molecule has 3 aromatic rings. The number of nitrogens with two attached hydrogens (primary N) is 1. The number of rotatable bonds is 9. The van der Waals surface area contributed by atoms with Crippen LogP contribution in [0.5, 0.6) is 0 Å². The van der Waals surface area contributed by atoms with E-state index in [-0.39, 0.29) is 0 Å². The van der Waals surface area contributed by atoms with Gasteiger partial charge in [-0.3, -0.25) is 4.79 Å². The first kappa shape index (κ1) is 21.2. The van der Waals surface area contributed by atoms with Crippen molar-refractivity contribution in [1.82, 2.24) is 0 Å². The van der Waals surface area contributed by atoms with Crippen LogP contribution >= 0.6 is 11.8 Å². The molecule has 3 N–H and O–H groups in total. The minimum Gasteiger partial charge on any atom is -0.480 e. The van der Waals surface area contributed by atoms with Gasteiger partial charge in [0.2, 0.25) is 0 Å². The van der Waals surface area contributed by atoms with E-state index in [0.29, 0.717) is 5.75 Å². The molecule has 0 bridgehead atoms. The second kappa shape index (κ2) is 9.77. The van der Waals surface area contributed by atoms with E-state index in [0.717, 1.165) is 29.5 Å². The zero-order valence-corrected chi connectivity index (χ0v) is 17.4. The van der Waals surface area contributed by atoms with Gasteiger partial charge in [-0.2, -0.15) is 0 Å². The molecule has 0 saturated carbocycles. The van der Waals surface area contributed by atoms with E-state index in [4.69, 9.17) is 5.73 Å². The summed E-state index contributed by atoms with van der Waals surface area (Å²) >= 11 is 1.58. The molecular weight excluding hydrogens is 378 g/mol. The molecule has 0 fully saturated rings. The average molecular weight is 406 g/mol. The SMILES string of the molecule is CCCc1ccc(C(SC[C@H](N)C(=O)O)(c2ccccc2)c2ccccc2)cc1. The van der Waals surface area contributed by atoms with E-state index >= 15 is 0 Å². The maximum atomic E-state index is 11.4. The standard InChI is InChI=1S/C25H27NO2S/c1-2-9-19-14-16-22(17-15-19)25(20-10-5-3-6-11-20,21-12-7-4-8-13-21)29-18-23(26)24(27)28/h3-8,10-17,23H,2,9,18,26H2,1H3,(H,27,28)/t23-/m0/s1. The molecule has 3 aromatic carbocycles. The van der Waals surface area contributed by atoms with Crippen LogP contribution in [0.25, 0.3) is 0 Å². The van der Waals surface area contributed by atoms with E-state index in [9.17, 15) is 9.90 Å². The molecule has 0 aliphatic rings. The van der Waals surface area contributed by atoms with Gasteiger partial charge < -0.3 is 10.8 Å². The van der Waals surface area contributed by atoms with Crippen LogP contribution in [-0.2, 0) is 16.0 Å². The summed E-state index contributed by atoms with van der Waals surface area (Å²) in [5, 5.41) is 9.35. The Kier molecular flexibility index (Phi) is 7.13. The zero-order valence-electron chi connectivity index (χ0n) is 16.6. The first-order chi connectivity index (χ1) is 14.1. The van der Waals surface area contributed by atoms with Crippen LogP contribution in [-0.4, -0.2) is 22.9 Å². The first-order valence-corrected chi connectivity index (χ1v) is 10.9. The van der Waals surface area contributed by atoms with E-state index < -0.39 is 16.8 Å². The highest BCUT2D eigenvalue weighted by Crippen LogP contribution is 2.48. The quantitative estimate of drug-likeness (QED) is 0.488. The highest BCUT2D eigenvalue weighted by atomic mass is 32.2. The van der Waals surface area contributed by atoms with Crippen LogP contribution < -0.4 is 5.73 Å². The minimum atomic E-state index is -0.981. The summed E-state index contributed by atoms with van der Waals surface area (Å²) in [5.74, 6) is -0.679. The summed E-state index contributed by atoms with van der Waals surface area (Å²) in [5.41, 5.74) is 10.5. The molecular formula is C25H27NO2S. The lowest BCUT2D eigenvalue weighted by Gasteiger charge is -2.36. The molecule has 150 valence electrons. The van der Waals surface area contributed by atoms with E-state index in [1.165, 1.54) is 5.56 Å². The van der Waals surface area contributed by atoms with Gasteiger partial charge in [0.15, 0.2) is 0 Å². The minimum absolute atomic E-state index is 0.301. The van der Waals surface area contributed by atoms with Gasteiger partial charge in [-0.25, -0.2) is 0 Å². The number of carboxylic acid groups (broad SMARTS) is 1. The summed E-state index contributed by atoms with van der Waals surface area (Å²) in [6, 6.07) is 28.3. The van der Waals surface area contributed by atoms with Crippen LogP contribution in [0.3, 0.4) is 0 Å². The number of aliphatic carboxylic acids is 1. The average Bonchev–Trinajstić information content (AvgIpc) is 2.76. The lowest BCUT2D eigenvalue weighted by molar-refractivity contribution is -0.137.